The first-order valence-corrected chi connectivity index (χ1v) is 9.61. The maximum absolute atomic E-state index is 13.0. The number of benzene rings is 2. The summed E-state index contributed by atoms with van der Waals surface area (Å²) in [5.41, 5.74) is -1.05. The van der Waals surface area contributed by atoms with Gasteiger partial charge in [0.15, 0.2) is 6.61 Å². The second-order valence-electron chi connectivity index (χ2n) is 7.11. The van der Waals surface area contributed by atoms with Gasteiger partial charge >= 0.3 is 12.1 Å². The Morgan fingerprint density at radius 1 is 1.03 bits per heavy atom. The van der Waals surface area contributed by atoms with Crippen LogP contribution in [0.25, 0.3) is 0 Å². The Hall–Kier alpha value is -3.56. The van der Waals surface area contributed by atoms with Crippen molar-refractivity contribution in [2.24, 2.45) is 0 Å². The lowest BCUT2D eigenvalue weighted by molar-refractivity contribution is -0.137. The van der Waals surface area contributed by atoms with Crippen LogP contribution in [0.5, 0.6) is 5.75 Å². The minimum absolute atomic E-state index is 0.259. The van der Waals surface area contributed by atoms with Crippen molar-refractivity contribution in [3.8, 4) is 5.75 Å². The highest BCUT2D eigenvalue weighted by atomic mass is 19.4. The fourth-order valence-electron chi connectivity index (χ4n) is 2.56. The van der Waals surface area contributed by atoms with Gasteiger partial charge in [-0.25, -0.2) is 4.79 Å². The number of esters is 1. The number of hydrogen-bond donors (Lipinski definition) is 1. The van der Waals surface area contributed by atoms with Crippen molar-refractivity contribution in [1.29, 1.82) is 0 Å². The summed E-state index contributed by atoms with van der Waals surface area (Å²) in [5, 5.41) is 2.17. The number of alkyl halides is 3. The van der Waals surface area contributed by atoms with Gasteiger partial charge in [-0.1, -0.05) is 12.1 Å². The minimum atomic E-state index is -4.62. The number of carbonyl (C=O) groups excluding carboxylic acids is 3. The number of amides is 2. The molecule has 0 saturated carbocycles. The second kappa shape index (κ2) is 10.7. The fourth-order valence-corrected chi connectivity index (χ4v) is 2.56. The largest absolute Gasteiger partial charge is 0.484 e. The maximum atomic E-state index is 13.0. The molecule has 2 rings (SSSR count). The zero-order chi connectivity index (χ0) is 23.9. The lowest BCUT2D eigenvalue weighted by atomic mass is 10.1. The van der Waals surface area contributed by atoms with Crippen molar-refractivity contribution in [2.75, 3.05) is 25.5 Å². The minimum Gasteiger partial charge on any atom is -0.484 e. The molecule has 0 spiro atoms. The average Bonchev–Trinajstić information content (AvgIpc) is 2.71. The predicted octanol–water partition coefficient (Wildman–Crippen LogP) is 3.75. The molecule has 1 N–H and O–H groups in total. The molecular weight excluding hydrogens is 429 g/mol. The van der Waals surface area contributed by atoms with E-state index in [1.54, 1.807) is 13.8 Å². The normalized spacial score (nSPS) is 11.1. The first-order valence-electron chi connectivity index (χ1n) is 9.61. The van der Waals surface area contributed by atoms with Crippen molar-refractivity contribution < 1.29 is 37.0 Å². The van der Waals surface area contributed by atoms with Gasteiger partial charge in [-0.15, -0.1) is 0 Å². The molecule has 7 nitrogen and oxygen atoms in total. The number of likely N-dealkylation sites (N-methyl/N-ethyl adjacent to an activating group) is 1. The average molecular weight is 452 g/mol. The van der Waals surface area contributed by atoms with E-state index >= 15 is 0 Å². The van der Waals surface area contributed by atoms with E-state index in [9.17, 15) is 27.6 Å². The van der Waals surface area contributed by atoms with E-state index in [4.69, 9.17) is 9.47 Å². The lowest BCUT2D eigenvalue weighted by Gasteiger charge is -2.18. The maximum Gasteiger partial charge on any atom is 0.418 e. The highest BCUT2D eigenvalue weighted by Gasteiger charge is 2.33. The summed E-state index contributed by atoms with van der Waals surface area (Å²) in [7, 11) is 1.33. The third-order valence-electron chi connectivity index (χ3n) is 4.11. The van der Waals surface area contributed by atoms with Gasteiger partial charge in [-0.2, -0.15) is 13.2 Å². The summed E-state index contributed by atoms with van der Waals surface area (Å²) in [4.78, 5) is 37.1. The molecule has 2 aromatic carbocycles. The molecule has 0 aliphatic carbocycles. The van der Waals surface area contributed by atoms with Gasteiger partial charge < -0.3 is 19.7 Å². The number of halogens is 3. The smallest absolute Gasteiger partial charge is 0.418 e. The van der Waals surface area contributed by atoms with Crippen LogP contribution in [0.4, 0.5) is 18.9 Å². The van der Waals surface area contributed by atoms with E-state index in [1.807, 2.05) is 0 Å². The van der Waals surface area contributed by atoms with Crippen LogP contribution < -0.4 is 10.1 Å². The quantitative estimate of drug-likeness (QED) is 0.617. The van der Waals surface area contributed by atoms with Gasteiger partial charge in [0.25, 0.3) is 5.91 Å². The van der Waals surface area contributed by atoms with E-state index < -0.39 is 48.4 Å². The summed E-state index contributed by atoms with van der Waals surface area (Å²) >= 11 is 0. The third kappa shape index (κ3) is 7.29. The summed E-state index contributed by atoms with van der Waals surface area (Å²) < 4.78 is 49.5. The topological polar surface area (TPSA) is 84.9 Å². The van der Waals surface area contributed by atoms with E-state index in [0.717, 1.165) is 17.0 Å². The van der Waals surface area contributed by atoms with Crippen molar-refractivity contribution in [2.45, 2.75) is 26.1 Å². The van der Waals surface area contributed by atoms with Gasteiger partial charge in [-0.3, -0.25) is 9.59 Å². The molecule has 2 amide bonds. The van der Waals surface area contributed by atoms with Gasteiger partial charge in [0.2, 0.25) is 5.91 Å². The molecule has 0 aliphatic heterocycles. The van der Waals surface area contributed by atoms with E-state index in [2.05, 4.69) is 5.32 Å². The molecular formula is C22H23F3N2O5. The van der Waals surface area contributed by atoms with Crippen LogP contribution in [0.1, 0.15) is 29.8 Å². The molecule has 32 heavy (non-hydrogen) atoms. The van der Waals surface area contributed by atoms with Crippen LogP contribution >= 0.6 is 0 Å². The van der Waals surface area contributed by atoms with Crippen LogP contribution in [0, 0.1) is 0 Å². The van der Waals surface area contributed by atoms with Gasteiger partial charge in [-0.05, 0) is 50.2 Å². The number of carbonyl (C=O) groups is 3. The number of para-hydroxylation sites is 1. The molecule has 0 aromatic heterocycles. The molecule has 0 aliphatic rings. The van der Waals surface area contributed by atoms with Crippen LogP contribution in [0.15, 0.2) is 48.5 Å². The van der Waals surface area contributed by atoms with Gasteiger partial charge in [0.05, 0.1) is 29.5 Å². The first kappa shape index (κ1) is 24.7. The van der Waals surface area contributed by atoms with Crippen LogP contribution in [0.3, 0.4) is 0 Å². The van der Waals surface area contributed by atoms with E-state index in [1.165, 1.54) is 43.4 Å². The molecule has 0 bridgehead atoms. The lowest BCUT2D eigenvalue weighted by Crippen LogP contribution is -2.37. The number of hydrogen-bond acceptors (Lipinski definition) is 5. The Labute approximate surface area is 183 Å². The Balaban J connectivity index is 1.87. The molecule has 0 heterocycles. The molecule has 0 radical (unpaired) electrons. The summed E-state index contributed by atoms with van der Waals surface area (Å²) in [6.07, 6.45) is -4.88. The van der Waals surface area contributed by atoms with Gasteiger partial charge in [0, 0.05) is 7.05 Å². The number of nitrogens with one attached hydrogen (secondary N) is 1. The molecule has 0 atom stereocenters. The summed E-state index contributed by atoms with van der Waals surface area (Å²) in [5.74, 6) is -1.52. The van der Waals surface area contributed by atoms with Crippen LogP contribution in [-0.4, -0.2) is 49.0 Å². The Kier molecular flexibility index (Phi) is 8.22. The number of rotatable bonds is 8. The SMILES string of the molecule is CC(C)OC(=O)c1ccc(OCC(=O)N(C)CC(=O)Nc2ccccc2C(F)(F)F)cc1. The Bertz CT molecular complexity index is 959. The molecule has 10 heteroatoms. The van der Waals surface area contributed by atoms with Crippen molar-refractivity contribution >= 4 is 23.5 Å². The number of nitrogens with zero attached hydrogens (tertiary/aromatic N) is 1. The van der Waals surface area contributed by atoms with E-state index in [-0.39, 0.29) is 6.10 Å². The summed E-state index contributed by atoms with van der Waals surface area (Å²) in [6, 6.07) is 10.5. The zero-order valence-corrected chi connectivity index (χ0v) is 17.7. The first-order chi connectivity index (χ1) is 15.0. The monoisotopic (exact) mass is 452 g/mol. The number of anilines is 1. The highest BCUT2D eigenvalue weighted by molar-refractivity contribution is 5.95. The van der Waals surface area contributed by atoms with Crippen LogP contribution in [-0.2, 0) is 20.5 Å². The Morgan fingerprint density at radius 2 is 1.66 bits per heavy atom. The third-order valence-corrected chi connectivity index (χ3v) is 4.11. The summed E-state index contributed by atoms with van der Waals surface area (Å²) in [6.45, 7) is 2.59. The second-order valence-corrected chi connectivity index (χ2v) is 7.11. The van der Waals surface area contributed by atoms with Gasteiger partial charge in [0.1, 0.15) is 5.75 Å². The fraction of sp³-hybridized carbons (Fsp3) is 0.318. The molecule has 0 saturated heterocycles. The van der Waals surface area contributed by atoms with Crippen molar-refractivity contribution in [3.63, 3.8) is 0 Å². The zero-order valence-electron chi connectivity index (χ0n) is 17.7. The standard InChI is InChI=1S/C22H23F3N2O5/c1-14(2)32-21(30)15-8-10-16(11-9-15)31-13-20(29)27(3)12-19(28)26-18-7-5-4-6-17(18)22(23,24)25/h4-11,14H,12-13H2,1-3H3,(H,26,28). The van der Waals surface area contributed by atoms with E-state index in [0.29, 0.717) is 11.3 Å². The van der Waals surface area contributed by atoms with Crippen molar-refractivity contribution in [3.05, 3.63) is 59.7 Å². The van der Waals surface area contributed by atoms with Crippen molar-refractivity contribution in [1.82, 2.24) is 4.90 Å². The predicted molar refractivity (Wildman–Crippen MR) is 110 cm³/mol. The number of ether oxygens (including phenoxy) is 2. The van der Waals surface area contributed by atoms with Crippen LogP contribution in [0.2, 0.25) is 0 Å². The highest BCUT2D eigenvalue weighted by Crippen LogP contribution is 2.34. The molecule has 0 fully saturated rings. The Morgan fingerprint density at radius 3 is 2.25 bits per heavy atom. The molecule has 172 valence electrons. The molecule has 0 unspecified atom stereocenters. The molecule has 2 aromatic rings.